The third-order valence-corrected chi connectivity index (χ3v) is 6.73. The summed E-state index contributed by atoms with van der Waals surface area (Å²) in [6.07, 6.45) is 3.48. The van der Waals surface area contributed by atoms with Crippen molar-refractivity contribution in [1.82, 2.24) is 14.9 Å². The van der Waals surface area contributed by atoms with Gasteiger partial charge in [-0.1, -0.05) is 23.4 Å². The van der Waals surface area contributed by atoms with Crippen molar-refractivity contribution in [2.75, 3.05) is 72.4 Å². The van der Waals surface area contributed by atoms with Gasteiger partial charge in [-0.05, 0) is 31.5 Å². The van der Waals surface area contributed by atoms with Crippen molar-refractivity contribution >= 4 is 34.0 Å². The van der Waals surface area contributed by atoms with Gasteiger partial charge in [-0.15, -0.1) is 0 Å². The Hall–Kier alpha value is -3.49. The van der Waals surface area contributed by atoms with E-state index in [-0.39, 0.29) is 6.79 Å². The maximum absolute atomic E-state index is 6.65. The number of nitrogens with one attached hydrogen (secondary N) is 1. The van der Waals surface area contributed by atoms with Crippen LogP contribution in [0.15, 0.2) is 24.5 Å². The highest BCUT2D eigenvalue weighted by Gasteiger charge is 2.25. The summed E-state index contributed by atoms with van der Waals surface area (Å²) in [6, 6.07) is 5.45. The van der Waals surface area contributed by atoms with Gasteiger partial charge in [0.1, 0.15) is 24.4 Å². The van der Waals surface area contributed by atoms with Gasteiger partial charge in [0.25, 0.3) is 0 Å². The van der Waals surface area contributed by atoms with Crippen molar-refractivity contribution in [3.63, 3.8) is 0 Å². The van der Waals surface area contributed by atoms with Crippen molar-refractivity contribution in [3.05, 3.63) is 35.1 Å². The number of rotatable bonds is 10. The summed E-state index contributed by atoms with van der Waals surface area (Å²) in [6.45, 7) is 5.61. The Labute approximate surface area is 232 Å². The van der Waals surface area contributed by atoms with Crippen LogP contribution in [0, 0.1) is 11.8 Å². The average molecular weight is 555 g/mol. The molecule has 3 aromatic rings. The normalized spacial score (nSPS) is 14.6. The van der Waals surface area contributed by atoms with E-state index in [4.69, 9.17) is 40.0 Å². The Morgan fingerprint density at radius 2 is 1.90 bits per heavy atom. The number of anilines is 2. The fraction of sp³-hybridized carbons (Fsp3) is 0.429. The highest BCUT2D eigenvalue weighted by atomic mass is 35.5. The van der Waals surface area contributed by atoms with Gasteiger partial charge in [0, 0.05) is 31.7 Å². The minimum absolute atomic E-state index is 0.0643. The van der Waals surface area contributed by atoms with E-state index in [1.807, 2.05) is 12.1 Å². The summed E-state index contributed by atoms with van der Waals surface area (Å²) in [7, 11) is 3.20. The lowest BCUT2D eigenvalue weighted by Crippen LogP contribution is -2.36. The van der Waals surface area contributed by atoms with Crippen molar-refractivity contribution in [2.45, 2.75) is 12.8 Å². The van der Waals surface area contributed by atoms with Gasteiger partial charge in [-0.2, -0.15) is 0 Å². The maximum Gasteiger partial charge on any atom is 0.231 e. The first kappa shape index (κ1) is 27.1. The van der Waals surface area contributed by atoms with E-state index in [0.29, 0.717) is 63.8 Å². The molecular formula is C28H31ClN4O6. The number of nitrogens with zero attached hydrogens (tertiary/aromatic N) is 3. The van der Waals surface area contributed by atoms with Crippen LogP contribution in [0.3, 0.4) is 0 Å². The summed E-state index contributed by atoms with van der Waals surface area (Å²) < 4.78 is 33.6. The number of benzene rings is 2. The summed E-state index contributed by atoms with van der Waals surface area (Å²) in [5.74, 6) is 8.68. The number of ether oxygens (including phenoxy) is 6. The highest BCUT2D eigenvalue weighted by Crippen LogP contribution is 2.47. The van der Waals surface area contributed by atoms with E-state index in [2.05, 4.69) is 32.0 Å². The summed E-state index contributed by atoms with van der Waals surface area (Å²) >= 11 is 6.65. The fourth-order valence-electron chi connectivity index (χ4n) is 4.45. The van der Waals surface area contributed by atoms with Crippen LogP contribution in [-0.2, 0) is 9.47 Å². The number of fused-ring (bicyclic) bond motifs is 2. The lowest BCUT2D eigenvalue weighted by molar-refractivity contribution is 0.0368. The molecular weight excluding hydrogens is 524 g/mol. The van der Waals surface area contributed by atoms with Crippen LogP contribution in [-0.4, -0.2) is 81.9 Å². The Morgan fingerprint density at radius 1 is 1.05 bits per heavy atom. The number of halogens is 1. The van der Waals surface area contributed by atoms with Gasteiger partial charge in [-0.3, -0.25) is 4.90 Å². The number of hydrogen-bond donors (Lipinski definition) is 1. The summed E-state index contributed by atoms with van der Waals surface area (Å²) in [4.78, 5) is 11.3. The molecule has 0 unspecified atom stereocenters. The molecule has 1 fully saturated rings. The van der Waals surface area contributed by atoms with E-state index in [1.165, 1.54) is 6.33 Å². The van der Waals surface area contributed by atoms with Gasteiger partial charge < -0.3 is 33.7 Å². The molecule has 11 heteroatoms. The van der Waals surface area contributed by atoms with Gasteiger partial charge in [0.2, 0.25) is 6.79 Å². The SMILES string of the molecule is COCC#Cc1cc(Cl)c(Nc2ncnc3cc(OCCCCN4CCOCC4)c(OC)cc23)c2c1OCO2. The minimum Gasteiger partial charge on any atom is -0.493 e. The van der Waals surface area contributed by atoms with Crippen molar-refractivity contribution in [2.24, 2.45) is 0 Å². The maximum atomic E-state index is 6.65. The lowest BCUT2D eigenvalue weighted by atomic mass is 10.1. The summed E-state index contributed by atoms with van der Waals surface area (Å²) in [5.41, 5.74) is 1.85. The van der Waals surface area contributed by atoms with Gasteiger partial charge in [0.05, 0.1) is 43.0 Å². The number of methoxy groups -OCH3 is 2. The standard InChI is InChI=1S/C28H31ClN4O6/c1-34-10-5-6-19-14-21(29)25(27-26(19)38-18-39-27)32-28-20-15-23(35-2)24(16-22(20)30-17-31-28)37-11-4-3-7-33-8-12-36-13-9-33/h14-17H,3-4,7-13,18H2,1-2H3,(H,30,31,32). The Morgan fingerprint density at radius 3 is 2.72 bits per heavy atom. The molecule has 1 aromatic heterocycles. The third kappa shape index (κ3) is 6.40. The quantitative estimate of drug-likeness (QED) is 0.289. The molecule has 2 aliphatic heterocycles. The number of morpholine rings is 1. The molecule has 1 saturated heterocycles. The van der Waals surface area contributed by atoms with E-state index < -0.39 is 0 Å². The van der Waals surface area contributed by atoms with Crippen LogP contribution in [0.1, 0.15) is 18.4 Å². The van der Waals surface area contributed by atoms with E-state index >= 15 is 0 Å². The molecule has 0 bridgehead atoms. The van der Waals surface area contributed by atoms with Crippen molar-refractivity contribution in [3.8, 4) is 34.8 Å². The Kier molecular flexibility index (Phi) is 9.06. The topological polar surface area (TPSA) is 96.4 Å². The zero-order valence-corrected chi connectivity index (χ0v) is 22.8. The molecule has 3 heterocycles. The van der Waals surface area contributed by atoms with Gasteiger partial charge >= 0.3 is 0 Å². The first-order valence-corrected chi connectivity index (χ1v) is 13.2. The van der Waals surface area contributed by atoms with E-state index in [9.17, 15) is 0 Å². The van der Waals surface area contributed by atoms with E-state index in [1.54, 1.807) is 20.3 Å². The van der Waals surface area contributed by atoms with Crippen LogP contribution >= 0.6 is 11.6 Å². The zero-order valence-electron chi connectivity index (χ0n) is 22.0. The first-order valence-electron chi connectivity index (χ1n) is 12.8. The zero-order chi connectivity index (χ0) is 27.0. The molecule has 0 atom stereocenters. The monoisotopic (exact) mass is 554 g/mol. The van der Waals surface area contributed by atoms with Crippen molar-refractivity contribution in [1.29, 1.82) is 0 Å². The molecule has 0 amide bonds. The fourth-order valence-corrected chi connectivity index (χ4v) is 4.69. The second kappa shape index (κ2) is 13.0. The molecule has 10 nitrogen and oxygen atoms in total. The molecule has 2 aromatic carbocycles. The largest absolute Gasteiger partial charge is 0.493 e. The number of aromatic nitrogens is 2. The molecule has 1 N–H and O–H groups in total. The predicted octanol–water partition coefficient (Wildman–Crippen LogP) is 4.25. The molecule has 39 heavy (non-hydrogen) atoms. The molecule has 0 spiro atoms. The van der Waals surface area contributed by atoms with Crippen LogP contribution < -0.4 is 24.3 Å². The molecule has 0 saturated carbocycles. The van der Waals surface area contributed by atoms with E-state index in [0.717, 1.165) is 51.1 Å². The first-order chi connectivity index (χ1) is 19.2. The second-order valence-electron chi connectivity index (χ2n) is 8.96. The minimum atomic E-state index is 0.0643. The molecule has 0 radical (unpaired) electrons. The number of unbranched alkanes of at least 4 members (excludes halogenated alkanes) is 1. The molecule has 2 aliphatic rings. The summed E-state index contributed by atoms with van der Waals surface area (Å²) in [5, 5.41) is 4.45. The molecule has 5 rings (SSSR count). The van der Waals surface area contributed by atoms with Crippen LogP contribution in [0.25, 0.3) is 10.9 Å². The predicted molar refractivity (Wildman–Crippen MR) is 148 cm³/mol. The second-order valence-corrected chi connectivity index (χ2v) is 9.36. The van der Waals surface area contributed by atoms with Crippen LogP contribution in [0.5, 0.6) is 23.0 Å². The Bertz CT molecular complexity index is 1370. The van der Waals surface area contributed by atoms with Gasteiger partial charge in [0.15, 0.2) is 23.0 Å². The van der Waals surface area contributed by atoms with Crippen LogP contribution in [0.2, 0.25) is 5.02 Å². The molecule has 0 aliphatic carbocycles. The smallest absolute Gasteiger partial charge is 0.231 e. The highest BCUT2D eigenvalue weighted by molar-refractivity contribution is 6.34. The van der Waals surface area contributed by atoms with Gasteiger partial charge in [-0.25, -0.2) is 9.97 Å². The number of hydrogen-bond acceptors (Lipinski definition) is 10. The lowest BCUT2D eigenvalue weighted by Gasteiger charge is -2.26. The average Bonchev–Trinajstić information content (AvgIpc) is 3.45. The van der Waals surface area contributed by atoms with Crippen LogP contribution in [0.4, 0.5) is 11.5 Å². The van der Waals surface area contributed by atoms with Crippen molar-refractivity contribution < 1.29 is 28.4 Å². The molecule has 206 valence electrons. The Balaban J connectivity index is 1.33. The third-order valence-electron chi connectivity index (χ3n) is 6.43.